The van der Waals surface area contributed by atoms with E-state index in [0.29, 0.717) is 5.52 Å². The topological polar surface area (TPSA) is 51.3 Å². The molecule has 5 nitrogen and oxygen atoms in total. The second-order valence-electron chi connectivity index (χ2n) is 5.66. The van der Waals surface area contributed by atoms with E-state index in [1.807, 2.05) is 27.2 Å². The third-order valence-electron chi connectivity index (χ3n) is 4.47. The number of piperidine rings is 1. The van der Waals surface area contributed by atoms with Gasteiger partial charge < -0.3 is 5.32 Å². The molecule has 22 heavy (non-hydrogen) atoms. The molecule has 4 rings (SSSR count). The number of aromatic nitrogens is 3. The molecule has 0 radical (unpaired) electrons. The van der Waals surface area contributed by atoms with Crippen molar-refractivity contribution in [3.63, 3.8) is 0 Å². The molecule has 0 aliphatic carbocycles. The molecule has 0 bridgehead atoms. The van der Waals surface area contributed by atoms with Crippen LogP contribution in [0.2, 0.25) is 0 Å². The van der Waals surface area contributed by atoms with E-state index in [4.69, 9.17) is 0 Å². The highest BCUT2D eigenvalue weighted by molar-refractivity contribution is 5.85. The first-order valence-electron chi connectivity index (χ1n) is 7.33. The van der Waals surface area contributed by atoms with Crippen LogP contribution in [0.15, 0.2) is 29.2 Å². The van der Waals surface area contributed by atoms with Crippen LogP contribution in [-0.4, -0.2) is 27.0 Å². The SMILES string of the molecule is Cl.Cl.O=c1c2cnc3cccc(n1CCC1CCNCC1)n32. The van der Waals surface area contributed by atoms with Crippen LogP contribution >= 0.6 is 24.8 Å². The van der Waals surface area contributed by atoms with Gasteiger partial charge >= 0.3 is 0 Å². The molecule has 0 atom stereocenters. The van der Waals surface area contributed by atoms with Gasteiger partial charge in [0.05, 0.1) is 6.20 Å². The number of halogens is 2. The molecule has 1 aliphatic heterocycles. The molecule has 120 valence electrons. The summed E-state index contributed by atoms with van der Waals surface area (Å²) in [6, 6.07) is 5.92. The summed E-state index contributed by atoms with van der Waals surface area (Å²) in [7, 11) is 0. The van der Waals surface area contributed by atoms with Gasteiger partial charge in [-0.25, -0.2) is 4.98 Å². The van der Waals surface area contributed by atoms with Gasteiger partial charge in [-0.1, -0.05) is 6.07 Å². The van der Waals surface area contributed by atoms with E-state index in [1.54, 1.807) is 6.20 Å². The predicted molar refractivity (Wildman–Crippen MR) is 92.9 cm³/mol. The van der Waals surface area contributed by atoms with Crippen molar-refractivity contribution in [3.05, 3.63) is 34.7 Å². The number of nitrogens with zero attached hydrogens (tertiary/aromatic N) is 3. The van der Waals surface area contributed by atoms with Gasteiger partial charge in [-0.15, -0.1) is 24.8 Å². The maximum atomic E-state index is 12.5. The largest absolute Gasteiger partial charge is 0.317 e. The van der Waals surface area contributed by atoms with Crippen molar-refractivity contribution in [1.29, 1.82) is 0 Å². The highest BCUT2D eigenvalue weighted by atomic mass is 35.5. The zero-order valence-electron chi connectivity index (χ0n) is 12.2. The number of imidazole rings is 2. The maximum absolute atomic E-state index is 12.5. The van der Waals surface area contributed by atoms with Crippen LogP contribution in [0.4, 0.5) is 0 Å². The number of hydrogen-bond donors (Lipinski definition) is 1. The van der Waals surface area contributed by atoms with Crippen molar-refractivity contribution in [3.8, 4) is 0 Å². The van der Waals surface area contributed by atoms with Crippen molar-refractivity contribution < 1.29 is 0 Å². The number of pyridine rings is 1. The van der Waals surface area contributed by atoms with E-state index in [-0.39, 0.29) is 30.4 Å². The standard InChI is InChI=1S/C15H18N4O.2ClH/c20-15-12-10-17-13-2-1-3-14(19(12)13)18(15)9-6-11-4-7-16-8-5-11;;/h1-3,10-11,16H,4-9H2;2*1H. The molecule has 0 amide bonds. The minimum absolute atomic E-state index is 0. The lowest BCUT2D eigenvalue weighted by Crippen LogP contribution is -2.29. The molecule has 4 heterocycles. The van der Waals surface area contributed by atoms with Gasteiger partial charge in [0.15, 0.2) is 0 Å². The average Bonchev–Trinajstić information content (AvgIpc) is 3.03. The van der Waals surface area contributed by atoms with E-state index >= 15 is 0 Å². The fourth-order valence-corrected chi connectivity index (χ4v) is 3.32. The quantitative estimate of drug-likeness (QED) is 0.794. The summed E-state index contributed by atoms with van der Waals surface area (Å²) < 4.78 is 3.87. The molecule has 0 spiro atoms. The summed E-state index contributed by atoms with van der Waals surface area (Å²) >= 11 is 0. The fourth-order valence-electron chi connectivity index (χ4n) is 3.32. The molecular weight excluding hydrogens is 323 g/mol. The lowest BCUT2D eigenvalue weighted by atomic mass is 9.95. The van der Waals surface area contributed by atoms with Crippen LogP contribution in [0, 0.1) is 5.92 Å². The van der Waals surface area contributed by atoms with Gasteiger partial charge in [0, 0.05) is 6.54 Å². The Labute approximate surface area is 140 Å². The Bertz CT molecular complexity index is 791. The Kier molecular flexibility index (Phi) is 5.32. The molecule has 1 N–H and O–H groups in total. The summed E-state index contributed by atoms with van der Waals surface area (Å²) in [4.78, 5) is 16.7. The minimum atomic E-state index is 0. The van der Waals surface area contributed by atoms with E-state index in [9.17, 15) is 4.79 Å². The fraction of sp³-hybridized carbons (Fsp3) is 0.467. The Hall–Kier alpha value is -1.30. The summed E-state index contributed by atoms with van der Waals surface area (Å²) in [5, 5.41) is 3.38. The summed E-state index contributed by atoms with van der Waals surface area (Å²) in [6.07, 6.45) is 5.22. The minimum Gasteiger partial charge on any atom is -0.317 e. The molecule has 3 aromatic heterocycles. The monoisotopic (exact) mass is 342 g/mol. The van der Waals surface area contributed by atoms with Crippen molar-refractivity contribution in [2.75, 3.05) is 13.1 Å². The number of hydrogen-bond acceptors (Lipinski definition) is 3. The lowest BCUT2D eigenvalue weighted by molar-refractivity contribution is 0.338. The van der Waals surface area contributed by atoms with E-state index in [2.05, 4.69) is 10.3 Å². The van der Waals surface area contributed by atoms with E-state index < -0.39 is 0 Å². The van der Waals surface area contributed by atoms with Crippen LogP contribution in [0.5, 0.6) is 0 Å². The molecular formula is C15H20Cl2N4O. The van der Waals surface area contributed by atoms with Crippen molar-refractivity contribution >= 4 is 41.6 Å². The molecule has 0 saturated carbocycles. The van der Waals surface area contributed by atoms with Gasteiger partial charge in [-0.3, -0.25) is 13.8 Å². The second-order valence-corrected chi connectivity index (χ2v) is 5.66. The van der Waals surface area contributed by atoms with Crippen LogP contribution in [0.1, 0.15) is 19.3 Å². The Morgan fingerprint density at radius 3 is 2.77 bits per heavy atom. The van der Waals surface area contributed by atoms with Crippen LogP contribution in [0.3, 0.4) is 0 Å². The molecule has 0 unspecified atom stereocenters. The van der Waals surface area contributed by atoms with E-state index in [0.717, 1.165) is 43.3 Å². The third kappa shape index (κ3) is 2.69. The maximum Gasteiger partial charge on any atom is 0.278 e. The zero-order chi connectivity index (χ0) is 13.5. The van der Waals surface area contributed by atoms with Crippen LogP contribution in [-0.2, 0) is 6.54 Å². The third-order valence-corrected chi connectivity index (χ3v) is 4.47. The normalized spacial score (nSPS) is 15.8. The molecule has 0 aromatic carbocycles. The number of nitrogens with one attached hydrogen (secondary N) is 1. The Balaban J connectivity index is 0.000000882. The summed E-state index contributed by atoms with van der Waals surface area (Å²) in [5.74, 6) is 0.737. The molecule has 1 aliphatic rings. The van der Waals surface area contributed by atoms with Crippen molar-refractivity contribution in [2.24, 2.45) is 5.92 Å². The smallest absolute Gasteiger partial charge is 0.278 e. The lowest BCUT2D eigenvalue weighted by Gasteiger charge is -2.22. The molecule has 1 fully saturated rings. The molecule has 3 aromatic rings. The Morgan fingerprint density at radius 2 is 2.00 bits per heavy atom. The van der Waals surface area contributed by atoms with Crippen molar-refractivity contribution in [1.82, 2.24) is 19.3 Å². The first kappa shape index (κ1) is 17.1. The van der Waals surface area contributed by atoms with Gasteiger partial charge in [0.2, 0.25) is 0 Å². The number of rotatable bonds is 3. The van der Waals surface area contributed by atoms with E-state index in [1.165, 1.54) is 12.8 Å². The second kappa shape index (κ2) is 6.86. The molecule has 7 heteroatoms. The summed E-state index contributed by atoms with van der Waals surface area (Å²) in [5.41, 5.74) is 2.61. The van der Waals surface area contributed by atoms with Crippen LogP contribution < -0.4 is 10.9 Å². The van der Waals surface area contributed by atoms with Gasteiger partial charge in [-0.05, 0) is 50.4 Å². The van der Waals surface area contributed by atoms with Crippen LogP contribution in [0.25, 0.3) is 16.8 Å². The first-order valence-corrected chi connectivity index (χ1v) is 7.33. The average molecular weight is 343 g/mol. The summed E-state index contributed by atoms with van der Waals surface area (Å²) in [6.45, 7) is 3.03. The highest BCUT2D eigenvalue weighted by Gasteiger charge is 2.17. The van der Waals surface area contributed by atoms with Gasteiger partial charge in [-0.2, -0.15) is 0 Å². The molecule has 1 saturated heterocycles. The first-order chi connectivity index (χ1) is 9.84. The van der Waals surface area contributed by atoms with Crippen molar-refractivity contribution in [2.45, 2.75) is 25.8 Å². The zero-order valence-corrected chi connectivity index (χ0v) is 13.8. The predicted octanol–water partition coefficient (Wildman–Crippen LogP) is 2.32. The highest BCUT2D eigenvalue weighted by Crippen LogP contribution is 2.19. The van der Waals surface area contributed by atoms with Gasteiger partial charge in [0.25, 0.3) is 5.56 Å². The number of aryl methyl sites for hydroxylation is 1. The Morgan fingerprint density at radius 1 is 1.23 bits per heavy atom. The van der Waals surface area contributed by atoms with Gasteiger partial charge in [0.1, 0.15) is 16.8 Å².